The van der Waals surface area contributed by atoms with Gasteiger partial charge >= 0.3 is 0 Å². The van der Waals surface area contributed by atoms with Gasteiger partial charge in [0.2, 0.25) is 5.91 Å². The van der Waals surface area contributed by atoms with Crippen molar-refractivity contribution < 1.29 is 14.3 Å². The second kappa shape index (κ2) is 11.8. The molecule has 1 rings (SSSR count). The van der Waals surface area contributed by atoms with Gasteiger partial charge in [0.1, 0.15) is 6.54 Å². The smallest absolute Gasteiger partial charge is 0.243 e. The van der Waals surface area contributed by atoms with Crippen molar-refractivity contribution in [1.29, 1.82) is 0 Å². The van der Waals surface area contributed by atoms with Gasteiger partial charge in [0.05, 0.1) is 13.7 Å². The number of guanidine groups is 1. The zero-order chi connectivity index (χ0) is 17.2. The van der Waals surface area contributed by atoms with E-state index in [9.17, 15) is 4.79 Å². The zero-order valence-corrected chi connectivity index (χ0v) is 17.2. The minimum Gasteiger partial charge on any atom is -0.493 e. The number of aliphatic imine (C=N–C) groups is 1. The highest BCUT2D eigenvalue weighted by Gasteiger charge is 2.08. The maximum absolute atomic E-state index is 11.6. The number of nitrogens with zero attached hydrogens (tertiary/aromatic N) is 2. The van der Waals surface area contributed by atoms with E-state index < -0.39 is 0 Å². The van der Waals surface area contributed by atoms with Crippen molar-refractivity contribution in [3.8, 4) is 11.5 Å². The number of methoxy groups -OCH3 is 1. The summed E-state index contributed by atoms with van der Waals surface area (Å²) in [7, 11) is 5.00. The molecule has 0 atom stereocenters. The first-order valence-electron chi connectivity index (χ1n) is 7.58. The number of likely N-dealkylation sites (N-methyl/N-ethyl adjacent to an activating group) is 1. The molecule has 0 saturated heterocycles. The summed E-state index contributed by atoms with van der Waals surface area (Å²) in [6, 6.07) is 5.53. The second-order valence-electron chi connectivity index (χ2n) is 4.91. The molecule has 0 aliphatic rings. The molecule has 136 valence electrons. The standard InChI is InChI=1S/C16H26N4O3.HI/c1-6-17-16(18-11-15(21)20(3)4)19-12-8-9-13(23-7-2)14(10-12)22-5;/h8-10H,6-7,11H2,1-5H3,(H2,17,18,19);1H. The Morgan fingerprint density at radius 1 is 1.25 bits per heavy atom. The molecule has 24 heavy (non-hydrogen) atoms. The van der Waals surface area contributed by atoms with Gasteiger partial charge in [-0.15, -0.1) is 24.0 Å². The van der Waals surface area contributed by atoms with Gasteiger partial charge < -0.3 is 25.0 Å². The predicted octanol–water partition coefficient (Wildman–Crippen LogP) is 2.18. The predicted molar refractivity (Wildman–Crippen MR) is 108 cm³/mol. The summed E-state index contributed by atoms with van der Waals surface area (Å²) in [5.74, 6) is 1.79. The van der Waals surface area contributed by atoms with Crippen LogP contribution in [0.2, 0.25) is 0 Å². The molecular formula is C16H27IN4O3. The van der Waals surface area contributed by atoms with Gasteiger partial charge in [-0.25, -0.2) is 4.99 Å². The van der Waals surface area contributed by atoms with E-state index in [1.54, 1.807) is 21.2 Å². The van der Waals surface area contributed by atoms with E-state index in [0.29, 0.717) is 30.6 Å². The highest BCUT2D eigenvalue weighted by atomic mass is 127. The molecule has 1 amide bonds. The third-order valence-corrected chi connectivity index (χ3v) is 2.94. The first-order chi connectivity index (χ1) is 11.0. The summed E-state index contributed by atoms with van der Waals surface area (Å²) in [6.45, 7) is 5.22. The van der Waals surface area contributed by atoms with Crippen molar-refractivity contribution in [2.45, 2.75) is 13.8 Å². The summed E-state index contributed by atoms with van der Waals surface area (Å²) in [4.78, 5) is 17.4. The number of benzene rings is 1. The molecule has 1 aromatic rings. The van der Waals surface area contributed by atoms with Crippen molar-refractivity contribution in [2.24, 2.45) is 4.99 Å². The Balaban J connectivity index is 0.00000529. The Hall–Kier alpha value is -1.71. The van der Waals surface area contributed by atoms with Crippen LogP contribution < -0.4 is 20.1 Å². The van der Waals surface area contributed by atoms with E-state index in [2.05, 4.69) is 15.6 Å². The summed E-state index contributed by atoms with van der Waals surface area (Å²) in [6.07, 6.45) is 0. The first-order valence-corrected chi connectivity index (χ1v) is 7.58. The Bertz CT molecular complexity index is 550. The summed E-state index contributed by atoms with van der Waals surface area (Å²) < 4.78 is 10.8. The van der Waals surface area contributed by atoms with E-state index in [-0.39, 0.29) is 36.4 Å². The van der Waals surface area contributed by atoms with Gasteiger partial charge in [-0.3, -0.25) is 4.79 Å². The molecule has 0 bridgehead atoms. The fraction of sp³-hybridized carbons (Fsp3) is 0.500. The molecule has 0 saturated carbocycles. The Labute approximate surface area is 160 Å². The van der Waals surface area contributed by atoms with Crippen molar-refractivity contribution >= 4 is 41.5 Å². The molecule has 0 radical (unpaired) electrons. The van der Waals surface area contributed by atoms with E-state index in [0.717, 1.165) is 5.69 Å². The van der Waals surface area contributed by atoms with Crippen molar-refractivity contribution in [3.63, 3.8) is 0 Å². The highest BCUT2D eigenvalue weighted by molar-refractivity contribution is 14.0. The van der Waals surface area contributed by atoms with Gasteiger partial charge in [-0.2, -0.15) is 0 Å². The molecule has 1 aromatic carbocycles. The summed E-state index contributed by atoms with van der Waals surface area (Å²) >= 11 is 0. The lowest BCUT2D eigenvalue weighted by molar-refractivity contribution is -0.127. The number of ether oxygens (including phenoxy) is 2. The monoisotopic (exact) mass is 450 g/mol. The van der Waals surface area contributed by atoms with E-state index in [4.69, 9.17) is 9.47 Å². The van der Waals surface area contributed by atoms with Crippen LogP contribution in [0.4, 0.5) is 5.69 Å². The number of carbonyl (C=O) groups excluding carboxylic acids is 1. The lowest BCUT2D eigenvalue weighted by Gasteiger charge is -2.15. The van der Waals surface area contributed by atoms with E-state index in [1.165, 1.54) is 4.90 Å². The average Bonchev–Trinajstić information content (AvgIpc) is 2.53. The highest BCUT2D eigenvalue weighted by Crippen LogP contribution is 2.30. The van der Waals surface area contributed by atoms with Crippen LogP contribution in [0.3, 0.4) is 0 Å². The third-order valence-electron chi connectivity index (χ3n) is 2.94. The van der Waals surface area contributed by atoms with Crippen molar-refractivity contribution in [2.75, 3.05) is 46.2 Å². The molecule has 2 N–H and O–H groups in total. The first kappa shape index (κ1) is 22.3. The third kappa shape index (κ3) is 7.24. The van der Waals surface area contributed by atoms with E-state index >= 15 is 0 Å². The molecule has 0 unspecified atom stereocenters. The number of halogens is 1. The van der Waals surface area contributed by atoms with Gasteiger partial charge in [0.25, 0.3) is 0 Å². The largest absolute Gasteiger partial charge is 0.493 e. The van der Waals surface area contributed by atoms with Crippen LogP contribution in [-0.2, 0) is 4.79 Å². The topological polar surface area (TPSA) is 75.2 Å². The maximum Gasteiger partial charge on any atom is 0.243 e. The van der Waals surface area contributed by atoms with Gasteiger partial charge in [-0.05, 0) is 26.0 Å². The van der Waals surface area contributed by atoms with Gasteiger partial charge in [0.15, 0.2) is 17.5 Å². The second-order valence-corrected chi connectivity index (χ2v) is 4.91. The molecule has 8 heteroatoms. The number of carbonyl (C=O) groups is 1. The quantitative estimate of drug-likeness (QED) is 0.379. The molecule has 0 aliphatic carbocycles. The minimum atomic E-state index is -0.0634. The lowest BCUT2D eigenvalue weighted by Crippen LogP contribution is -2.32. The number of nitrogens with one attached hydrogen (secondary N) is 2. The molecule has 0 fully saturated rings. The number of hydrogen-bond acceptors (Lipinski definition) is 4. The van der Waals surface area contributed by atoms with Crippen LogP contribution in [0.15, 0.2) is 23.2 Å². The van der Waals surface area contributed by atoms with Crippen LogP contribution >= 0.6 is 24.0 Å². The van der Waals surface area contributed by atoms with E-state index in [1.807, 2.05) is 32.0 Å². The van der Waals surface area contributed by atoms with Crippen LogP contribution in [0.25, 0.3) is 0 Å². The number of rotatable bonds is 7. The number of anilines is 1. The Morgan fingerprint density at radius 3 is 2.50 bits per heavy atom. The molecule has 0 spiro atoms. The molecule has 0 aromatic heterocycles. The zero-order valence-electron chi connectivity index (χ0n) is 14.9. The lowest BCUT2D eigenvalue weighted by atomic mass is 10.2. The summed E-state index contributed by atoms with van der Waals surface area (Å²) in [5.41, 5.74) is 0.794. The van der Waals surface area contributed by atoms with Crippen LogP contribution in [0.1, 0.15) is 13.8 Å². The Kier molecular flexibility index (Phi) is 10.9. The fourth-order valence-electron chi connectivity index (χ4n) is 1.75. The SMILES string of the molecule is CCNC(=NCC(=O)N(C)C)Nc1ccc(OCC)c(OC)c1.I. The molecule has 0 aliphatic heterocycles. The van der Waals surface area contributed by atoms with Crippen LogP contribution in [0, 0.1) is 0 Å². The average molecular weight is 450 g/mol. The Morgan fingerprint density at radius 2 is 1.96 bits per heavy atom. The number of hydrogen-bond donors (Lipinski definition) is 2. The van der Waals surface area contributed by atoms with Gasteiger partial charge in [-0.1, -0.05) is 0 Å². The van der Waals surface area contributed by atoms with Crippen molar-refractivity contribution in [1.82, 2.24) is 10.2 Å². The maximum atomic E-state index is 11.6. The molecule has 0 heterocycles. The van der Waals surface area contributed by atoms with Crippen LogP contribution in [-0.4, -0.2) is 57.7 Å². The number of amides is 1. The van der Waals surface area contributed by atoms with Gasteiger partial charge in [0, 0.05) is 32.4 Å². The molecule has 7 nitrogen and oxygen atoms in total. The van der Waals surface area contributed by atoms with Crippen LogP contribution in [0.5, 0.6) is 11.5 Å². The van der Waals surface area contributed by atoms with Crippen molar-refractivity contribution in [3.05, 3.63) is 18.2 Å². The summed E-state index contributed by atoms with van der Waals surface area (Å²) in [5, 5.41) is 6.25. The fourth-order valence-corrected chi connectivity index (χ4v) is 1.75. The minimum absolute atomic E-state index is 0. The molecular weight excluding hydrogens is 423 g/mol. The normalized spacial score (nSPS) is 10.5.